The Labute approximate surface area is 229 Å². The molecule has 2 N–H and O–H groups in total. The van der Waals surface area contributed by atoms with Crippen LogP contribution in [0.25, 0.3) is 0 Å². The molecule has 4 aliphatic rings. The number of benzene rings is 2. The molecule has 0 saturated carbocycles. The fourth-order valence-electron chi connectivity index (χ4n) is 6.50. The number of carbonyl (C=O) groups is 1. The minimum Gasteiger partial charge on any atom is -0.502 e. The molecule has 202 valence electrons. The predicted molar refractivity (Wildman–Crippen MR) is 145 cm³/mol. The molecule has 5 heterocycles. The lowest BCUT2D eigenvalue weighted by molar-refractivity contribution is -0.0816. The fourth-order valence-corrected chi connectivity index (χ4v) is 7.64. The van der Waals surface area contributed by atoms with Crippen molar-refractivity contribution >= 4 is 17.7 Å². The number of fused-ring (bicyclic) bond motifs is 5. The first-order valence-corrected chi connectivity index (χ1v) is 14.4. The van der Waals surface area contributed by atoms with Gasteiger partial charge in [-0.05, 0) is 72.2 Å². The van der Waals surface area contributed by atoms with Gasteiger partial charge < -0.3 is 14.7 Å². The lowest BCUT2D eigenvalue weighted by atomic mass is 9.95. The molecule has 0 spiro atoms. The van der Waals surface area contributed by atoms with Gasteiger partial charge in [0.1, 0.15) is 11.6 Å². The number of amides is 1. The van der Waals surface area contributed by atoms with Crippen molar-refractivity contribution in [2.45, 2.75) is 61.7 Å². The van der Waals surface area contributed by atoms with Gasteiger partial charge in [0.05, 0.1) is 0 Å². The zero-order valence-corrected chi connectivity index (χ0v) is 22.3. The highest BCUT2D eigenvalue weighted by Gasteiger charge is 2.50. The van der Waals surface area contributed by atoms with E-state index in [0.29, 0.717) is 25.1 Å². The minimum atomic E-state index is -0.583. The van der Waals surface area contributed by atoms with Crippen molar-refractivity contribution in [3.05, 3.63) is 86.6 Å². The first kappa shape index (κ1) is 24.5. The number of hydrogen-bond acceptors (Lipinski definition) is 7. The van der Waals surface area contributed by atoms with Crippen molar-refractivity contribution in [1.82, 2.24) is 14.5 Å². The van der Waals surface area contributed by atoms with E-state index in [4.69, 9.17) is 4.74 Å². The molecule has 0 bridgehead atoms. The van der Waals surface area contributed by atoms with Crippen molar-refractivity contribution in [2.24, 2.45) is 0 Å². The molecule has 8 nitrogen and oxygen atoms in total. The number of carbonyl (C=O) groups excluding carboxylic acids is 1. The molecular weight excluding hydrogens is 519 g/mol. The van der Waals surface area contributed by atoms with E-state index in [1.165, 1.54) is 16.9 Å². The van der Waals surface area contributed by atoms with Crippen LogP contribution in [0.1, 0.15) is 52.5 Å². The fraction of sp³-hybridized carbons (Fsp3) is 0.379. The zero-order chi connectivity index (χ0) is 26.8. The molecule has 3 unspecified atom stereocenters. The van der Waals surface area contributed by atoms with Crippen LogP contribution in [0.3, 0.4) is 0 Å². The lowest BCUT2D eigenvalue weighted by Crippen LogP contribution is -2.70. The Bertz CT molecular complexity index is 1560. The summed E-state index contributed by atoms with van der Waals surface area (Å²) in [6, 6.07) is 11.0. The van der Waals surface area contributed by atoms with Crippen molar-refractivity contribution in [3.63, 3.8) is 0 Å². The van der Waals surface area contributed by atoms with E-state index in [1.54, 1.807) is 22.7 Å². The number of halogens is 1. The number of aromatic hydroxyl groups is 1. The summed E-state index contributed by atoms with van der Waals surface area (Å²) >= 11 is 1.72. The van der Waals surface area contributed by atoms with E-state index in [1.807, 2.05) is 19.1 Å². The van der Waals surface area contributed by atoms with Crippen LogP contribution in [0.15, 0.2) is 52.3 Å². The van der Waals surface area contributed by atoms with Gasteiger partial charge in [0.15, 0.2) is 23.8 Å². The van der Waals surface area contributed by atoms with Crippen LogP contribution < -0.4 is 15.6 Å². The molecule has 2 fully saturated rings. The van der Waals surface area contributed by atoms with Crippen LogP contribution in [-0.4, -0.2) is 57.0 Å². The lowest BCUT2D eigenvalue weighted by Gasteiger charge is -2.51. The molecule has 10 heteroatoms. The molecule has 1 amide bonds. The Balaban J connectivity index is 1.22. The quantitative estimate of drug-likeness (QED) is 0.517. The highest BCUT2D eigenvalue weighted by Crippen LogP contribution is 2.39. The summed E-state index contributed by atoms with van der Waals surface area (Å²) in [5.41, 5.74) is 6.84. The third-order valence-corrected chi connectivity index (χ3v) is 9.58. The number of pyridine rings is 1. The van der Waals surface area contributed by atoms with E-state index in [9.17, 15) is 19.1 Å². The molecule has 2 aromatic carbocycles. The Kier molecular flexibility index (Phi) is 5.85. The van der Waals surface area contributed by atoms with Gasteiger partial charge in [0.2, 0.25) is 5.43 Å². The van der Waals surface area contributed by atoms with Gasteiger partial charge in [-0.2, -0.15) is 0 Å². The minimum absolute atomic E-state index is 0.0486. The average Bonchev–Trinajstić information content (AvgIpc) is 3.32. The van der Waals surface area contributed by atoms with Gasteiger partial charge in [-0.1, -0.05) is 13.0 Å². The Hall–Kier alpha value is -3.50. The summed E-state index contributed by atoms with van der Waals surface area (Å²) in [5.74, 6) is 0.370. The normalized spacial score (nSPS) is 23.6. The standard InChI is InChI=1S/C29H29FN4O4S/c1-2-20-21-15-39-24-8-6-19(13-17(24)12-16(21)5-7-22(20)30)38-29-27-31-34-11-9-23(35)26(36)25(34)28(37)33(27)14-18-4-3-10-32(18)29/h5-9,11,13,18,27,29,31,36H,2-4,10,12,14-15H2,1H3. The average molecular weight is 549 g/mol. The summed E-state index contributed by atoms with van der Waals surface area (Å²) in [5, 5.41) is 10.4. The largest absolute Gasteiger partial charge is 0.502 e. The maximum atomic E-state index is 14.5. The molecular formula is C29H29FN4O4S. The van der Waals surface area contributed by atoms with Crippen molar-refractivity contribution < 1.29 is 19.0 Å². The van der Waals surface area contributed by atoms with Crippen LogP contribution in [-0.2, 0) is 18.6 Å². The van der Waals surface area contributed by atoms with Crippen molar-refractivity contribution in [2.75, 3.05) is 18.5 Å². The number of rotatable bonds is 3. The van der Waals surface area contributed by atoms with Gasteiger partial charge in [0.25, 0.3) is 5.91 Å². The van der Waals surface area contributed by atoms with Gasteiger partial charge in [0, 0.05) is 42.0 Å². The Morgan fingerprint density at radius 3 is 2.90 bits per heavy atom. The maximum absolute atomic E-state index is 14.5. The van der Waals surface area contributed by atoms with Crippen molar-refractivity contribution in [3.8, 4) is 11.5 Å². The molecule has 7 rings (SSSR count). The summed E-state index contributed by atoms with van der Waals surface area (Å²) in [6.45, 7) is 3.35. The predicted octanol–water partition coefficient (Wildman–Crippen LogP) is 3.66. The summed E-state index contributed by atoms with van der Waals surface area (Å²) in [7, 11) is 0. The summed E-state index contributed by atoms with van der Waals surface area (Å²) in [6.07, 6.45) is 3.81. The SMILES string of the molecule is CCc1c(F)ccc2c1CSc1ccc(OC3C4Nn5ccc(=O)c(O)c5C(=O)N4CC4CCCN43)cc1C2. The van der Waals surface area contributed by atoms with E-state index >= 15 is 0 Å². The van der Waals surface area contributed by atoms with Gasteiger partial charge in [-0.15, -0.1) is 11.8 Å². The number of nitrogens with one attached hydrogen (secondary N) is 1. The summed E-state index contributed by atoms with van der Waals surface area (Å²) in [4.78, 5) is 30.7. The highest BCUT2D eigenvalue weighted by molar-refractivity contribution is 7.98. The van der Waals surface area contributed by atoms with Crippen LogP contribution >= 0.6 is 11.8 Å². The Morgan fingerprint density at radius 2 is 2.05 bits per heavy atom. The van der Waals surface area contributed by atoms with Gasteiger partial charge >= 0.3 is 0 Å². The number of hydrogen-bond donors (Lipinski definition) is 2. The van der Waals surface area contributed by atoms with Crippen LogP contribution in [0, 0.1) is 5.82 Å². The molecule has 39 heavy (non-hydrogen) atoms. The third-order valence-electron chi connectivity index (χ3n) is 8.44. The second kappa shape index (κ2) is 9.31. The van der Waals surface area contributed by atoms with Gasteiger partial charge in [-0.3, -0.25) is 24.6 Å². The molecule has 0 radical (unpaired) electrons. The molecule has 4 aliphatic heterocycles. The third kappa shape index (κ3) is 3.91. The number of piperazine rings is 1. The molecule has 0 aliphatic carbocycles. The monoisotopic (exact) mass is 548 g/mol. The molecule has 3 atom stereocenters. The summed E-state index contributed by atoms with van der Waals surface area (Å²) < 4.78 is 22.6. The maximum Gasteiger partial charge on any atom is 0.278 e. The smallest absolute Gasteiger partial charge is 0.278 e. The van der Waals surface area contributed by atoms with Crippen LogP contribution in [0.2, 0.25) is 0 Å². The topological polar surface area (TPSA) is 87.0 Å². The second-order valence-electron chi connectivity index (χ2n) is 10.6. The molecule has 1 aromatic heterocycles. The first-order chi connectivity index (χ1) is 18.9. The number of ether oxygens (including phenoxy) is 1. The van der Waals surface area contributed by atoms with E-state index in [0.717, 1.165) is 52.3 Å². The second-order valence-corrected chi connectivity index (χ2v) is 11.6. The number of aromatic nitrogens is 1. The van der Waals surface area contributed by atoms with E-state index in [2.05, 4.69) is 22.5 Å². The van der Waals surface area contributed by atoms with Crippen LogP contribution in [0.5, 0.6) is 11.5 Å². The molecule has 2 saturated heterocycles. The highest BCUT2D eigenvalue weighted by atomic mass is 32.2. The zero-order valence-electron chi connectivity index (χ0n) is 21.5. The molecule has 3 aromatic rings. The number of nitrogens with zero attached hydrogens (tertiary/aromatic N) is 3. The van der Waals surface area contributed by atoms with Crippen molar-refractivity contribution in [1.29, 1.82) is 0 Å². The Morgan fingerprint density at radius 1 is 1.18 bits per heavy atom. The first-order valence-electron chi connectivity index (χ1n) is 13.4. The van der Waals surface area contributed by atoms with E-state index < -0.39 is 23.6 Å². The van der Waals surface area contributed by atoms with Gasteiger partial charge in [-0.25, -0.2) is 4.39 Å². The number of thioether (sulfide) groups is 1. The van der Waals surface area contributed by atoms with Crippen LogP contribution in [0.4, 0.5) is 4.39 Å². The van der Waals surface area contributed by atoms with E-state index in [-0.39, 0.29) is 23.5 Å².